The van der Waals surface area contributed by atoms with Crippen molar-refractivity contribution in [1.29, 1.82) is 0 Å². The van der Waals surface area contributed by atoms with Gasteiger partial charge in [-0.15, -0.1) is 0 Å². The summed E-state index contributed by atoms with van der Waals surface area (Å²) in [7, 11) is 0. The van der Waals surface area contributed by atoms with Crippen molar-refractivity contribution >= 4 is 24.0 Å². The van der Waals surface area contributed by atoms with Crippen molar-refractivity contribution < 1.29 is 22.6 Å². The molecular weight excluding hydrogens is 421 g/mol. The first kappa shape index (κ1) is 25.6. The molecule has 0 bridgehead atoms. The summed E-state index contributed by atoms with van der Waals surface area (Å²) >= 11 is 0. The Kier molecular flexibility index (Phi) is 10.4. The van der Waals surface area contributed by atoms with E-state index in [4.69, 9.17) is 9.47 Å². The fraction of sp³-hybridized carbons (Fsp3) is 0.478. The zero-order chi connectivity index (χ0) is 23.4. The number of morpholine rings is 1. The van der Waals surface area contributed by atoms with E-state index in [0.717, 1.165) is 74.3 Å². The summed E-state index contributed by atoms with van der Waals surface area (Å²) in [6, 6.07) is 3.72. The van der Waals surface area contributed by atoms with Gasteiger partial charge >= 0.3 is 6.18 Å². The minimum atomic E-state index is -4.45. The number of hydrogen-bond donors (Lipinski definition) is 1. The van der Waals surface area contributed by atoms with Gasteiger partial charge in [0.25, 0.3) is 0 Å². The van der Waals surface area contributed by atoms with Crippen LogP contribution in [0.1, 0.15) is 26.7 Å². The number of nitrogens with zero attached hydrogens (tertiary/aromatic N) is 3. The van der Waals surface area contributed by atoms with Crippen LogP contribution in [0.15, 0.2) is 41.6 Å². The van der Waals surface area contributed by atoms with Gasteiger partial charge in [-0.25, -0.2) is 9.98 Å². The maximum absolute atomic E-state index is 12.3. The summed E-state index contributed by atoms with van der Waals surface area (Å²) in [4.78, 5) is 10.6. The Morgan fingerprint density at radius 2 is 2.06 bits per heavy atom. The molecule has 176 valence electrons. The second-order valence-corrected chi connectivity index (χ2v) is 6.86. The van der Waals surface area contributed by atoms with E-state index in [-0.39, 0.29) is 0 Å². The van der Waals surface area contributed by atoms with E-state index in [1.54, 1.807) is 6.07 Å². The first-order valence-electron chi connectivity index (χ1n) is 10.8. The number of anilines is 1. The van der Waals surface area contributed by atoms with Crippen molar-refractivity contribution in [3.05, 3.63) is 47.1 Å². The fourth-order valence-corrected chi connectivity index (χ4v) is 3.07. The Morgan fingerprint density at radius 1 is 1.31 bits per heavy atom. The van der Waals surface area contributed by atoms with E-state index in [1.807, 2.05) is 26.0 Å². The molecule has 32 heavy (non-hydrogen) atoms. The van der Waals surface area contributed by atoms with Gasteiger partial charge in [0.2, 0.25) is 0 Å². The van der Waals surface area contributed by atoms with Crippen LogP contribution in [-0.2, 0) is 9.47 Å². The molecule has 9 heteroatoms. The van der Waals surface area contributed by atoms with Gasteiger partial charge in [-0.2, -0.15) is 13.2 Å². The van der Waals surface area contributed by atoms with Crippen molar-refractivity contribution in [2.45, 2.75) is 32.9 Å². The maximum atomic E-state index is 12.3. The molecule has 0 saturated carbocycles. The van der Waals surface area contributed by atoms with Gasteiger partial charge in [0.05, 0.1) is 24.9 Å². The minimum absolute atomic E-state index is 0.548. The van der Waals surface area contributed by atoms with Crippen molar-refractivity contribution in [2.24, 2.45) is 4.99 Å². The first-order chi connectivity index (χ1) is 15.4. The average Bonchev–Trinajstić information content (AvgIpc) is 2.80. The van der Waals surface area contributed by atoms with Gasteiger partial charge < -0.3 is 14.8 Å². The van der Waals surface area contributed by atoms with Crippen LogP contribution in [0.2, 0.25) is 0 Å². The van der Waals surface area contributed by atoms with Crippen molar-refractivity contribution in [3.63, 3.8) is 0 Å². The Balaban J connectivity index is 0.00000176. The lowest BCUT2D eigenvalue weighted by Crippen LogP contribution is -2.39. The van der Waals surface area contributed by atoms with Crippen LogP contribution < -0.4 is 15.9 Å². The van der Waals surface area contributed by atoms with E-state index in [9.17, 15) is 13.2 Å². The second-order valence-electron chi connectivity index (χ2n) is 6.86. The largest absolute Gasteiger partial charge is 0.496 e. The molecule has 1 saturated heterocycles. The number of aromatic nitrogens is 1. The number of hydrogen-bond acceptors (Lipinski definition) is 5. The molecule has 0 unspecified atom stereocenters. The van der Waals surface area contributed by atoms with Crippen LogP contribution >= 0.6 is 0 Å². The number of fused-ring (bicyclic) bond motifs is 1. The third-order valence-electron chi connectivity index (χ3n) is 4.73. The zero-order valence-electron chi connectivity index (χ0n) is 18.6. The molecule has 6 nitrogen and oxygen atoms in total. The lowest BCUT2D eigenvalue weighted by molar-refractivity contribution is -0.0878. The van der Waals surface area contributed by atoms with Gasteiger partial charge in [-0.1, -0.05) is 26.5 Å². The average molecular weight is 453 g/mol. The number of pyridine rings is 1. The molecule has 0 spiro atoms. The van der Waals surface area contributed by atoms with Crippen molar-refractivity contribution in [1.82, 2.24) is 9.88 Å². The zero-order valence-corrected chi connectivity index (χ0v) is 18.6. The van der Waals surface area contributed by atoms with Gasteiger partial charge in [0, 0.05) is 43.0 Å². The molecule has 1 fully saturated rings. The Labute approximate surface area is 186 Å². The predicted molar refractivity (Wildman–Crippen MR) is 122 cm³/mol. The van der Waals surface area contributed by atoms with Gasteiger partial charge in [-0.05, 0) is 24.6 Å². The topological polar surface area (TPSA) is 59.0 Å². The monoisotopic (exact) mass is 452 g/mol. The number of aliphatic imine (C=N–C) groups is 1. The summed E-state index contributed by atoms with van der Waals surface area (Å²) in [6.07, 6.45) is 2.38. The molecule has 1 aliphatic heterocycles. The quantitative estimate of drug-likeness (QED) is 0.373. The highest BCUT2D eigenvalue weighted by Crippen LogP contribution is 2.24. The van der Waals surface area contributed by atoms with Crippen LogP contribution in [0.3, 0.4) is 0 Å². The Hall–Kier alpha value is -2.65. The molecule has 0 aromatic carbocycles. The van der Waals surface area contributed by atoms with E-state index in [1.165, 1.54) is 6.34 Å². The predicted octanol–water partition coefficient (Wildman–Crippen LogP) is 3.21. The molecule has 1 N–H and O–H groups in total. The molecule has 1 aliphatic carbocycles. The molecule has 0 radical (unpaired) electrons. The smallest absolute Gasteiger partial charge is 0.415 e. The Bertz CT molecular complexity index is 920. The Morgan fingerprint density at radius 3 is 2.78 bits per heavy atom. The molecular formula is C23H31F3N4O2. The fourth-order valence-electron chi connectivity index (χ4n) is 3.07. The summed E-state index contributed by atoms with van der Waals surface area (Å²) in [6.45, 7) is 11.8. The van der Waals surface area contributed by atoms with E-state index < -0.39 is 11.7 Å². The van der Waals surface area contributed by atoms with Crippen LogP contribution in [0.4, 0.5) is 19.0 Å². The summed E-state index contributed by atoms with van der Waals surface area (Å²) in [5.41, 5.74) is -0.960. The van der Waals surface area contributed by atoms with E-state index >= 15 is 0 Å². The van der Waals surface area contributed by atoms with Crippen LogP contribution in [-0.4, -0.2) is 61.9 Å². The van der Waals surface area contributed by atoms with Crippen LogP contribution in [0.25, 0.3) is 11.8 Å². The lowest BCUT2D eigenvalue weighted by Gasteiger charge is -2.26. The third kappa shape index (κ3) is 8.12. The normalized spacial score (nSPS) is 16.8. The molecule has 2 aliphatic rings. The van der Waals surface area contributed by atoms with Gasteiger partial charge in [0.1, 0.15) is 18.2 Å². The molecule has 1 aromatic heterocycles. The summed E-state index contributed by atoms with van der Waals surface area (Å²) in [5.74, 6) is 1.48. The molecule has 1 aromatic rings. The number of alkyl halides is 3. The lowest BCUT2D eigenvalue weighted by atomic mass is 10.1. The summed E-state index contributed by atoms with van der Waals surface area (Å²) in [5, 5.41) is 4.64. The number of rotatable bonds is 8. The number of allylic oxidation sites excluding steroid dienone is 2. The maximum Gasteiger partial charge on any atom is 0.415 e. The van der Waals surface area contributed by atoms with Crippen molar-refractivity contribution in [2.75, 3.05) is 44.8 Å². The minimum Gasteiger partial charge on any atom is -0.496 e. The van der Waals surface area contributed by atoms with Crippen LogP contribution in [0, 0.1) is 0 Å². The molecule has 3 rings (SSSR count). The highest BCUT2D eigenvalue weighted by atomic mass is 19.4. The van der Waals surface area contributed by atoms with E-state index in [0.29, 0.717) is 12.4 Å². The van der Waals surface area contributed by atoms with Gasteiger partial charge in [0.15, 0.2) is 0 Å². The SMILES string of the molecule is C=C(/C=C\N=CNc1ccc2c(n1)=CCCC=2OCCN1CCOCC1)C(F)(F)F.CC. The third-order valence-corrected chi connectivity index (χ3v) is 4.73. The first-order valence-corrected chi connectivity index (χ1v) is 10.8. The molecule has 0 amide bonds. The highest BCUT2D eigenvalue weighted by Gasteiger charge is 2.29. The number of nitrogens with one attached hydrogen (secondary N) is 1. The summed E-state index contributed by atoms with van der Waals surface area (Å²) < 4.78 is 48.4. The molecule has 2 heterocycles. The van der Waals surface area contributed by atoms with Crippen molar-refractivity contribution in [3.8, 4) is 0 Å². The second kappa shape index (κ2) is 13.0. The standard InChI is InChI=1S/C21H25F3N4O2.C2H6/c1-16(21(22,23)24)7-8-25-15-26-20-6-5-17-18(27-20)3-2-4-19(17)30-14-11-28-9-12-29-13-10-28;1-2/h3,5-8,15H,1-2,4,9-14H2,(H,25,26,27);1-2H3/b8-7-;. The highest BCUT2D eigenvalue weighted by molar-refractivity contribution is 5.74. The molecule has 0 atom stereocenters. The van der Waals surface area contributed by atoms with E-state index in [2.05, 4.69) is 26.8 Å². The van der Waals surface area contributed by atoms with Crippen LogP contribution in [0.5, 0.6) is 0 Å². The number of ether oxygens (including phenoxy) is 2. The number of halogens is 3. The van der Waals surface area contributed by atoms with Gasteiger partial charge in [-0.3, -0.25) is 4.90 Å².